The Bertz CT molecular complexity index is 468. The van der Waals surface area contributed by atoms with Crippen LogP contribution in [0.5, 0.6) is 0 Å². The Kier molecular flexibility index (Phi) is 5.67. The van der Waals surface area contributed by atoms with Crippen LogP contribution in [0.2, 0.25) is 0 Å². The van der Waals surface area contributed by atoms with E-state index in [1.807, 2.05) is 30.5 Å². The zero-order valence-electron chi connectivity index (χ0n) is 13.0. The molecule has 1 aliphatic heterocycles. The van der Waals surface area contributed by atoms with E-state index < -0.39 is 0 Å². The summed E-state index contributed by atoms with van der Waals surface area (Å²) in [7, 11) is 4.15. The number of rotatable bonds is 5. The Hall–Kier alpha value is -1.04. The van der Waals surface area contributed by atoms with Gasteiger partial charge in [-0.15, -0.1) is 11.8 Å². The van der Waals surface area contributed by atoms with Crippen molar-refractivity contribution in [3.8, 4) is 0 Å². The van der Waals surface area contributed by atoms with Gasteiger partial charge in [0.1, 0.15) is 0 Å². The van der Waals surface area contributed by atoms with Crippen molar-refractivity contribution in [1.29, 1.82) is 0 Å². The number of nitrogens with one attached hydrogen (secondary N) is 1. The molecule has 0 bridgehead atoms. The number of hydrogen-bond donors (Lipinski definition) is 1. The van der Waals surface area contributed by atoms with Crippen LogP contribution in [0.3, 0.4) is 0 Å². The van der Waals surface area contributed by atoms with Gasteiger partial charge in [0.2, 0.25) is 0 Å². The fourth-order valence-electron chi connectivity index (χ4n) is 2.62. The topological polar surface area (TPSA) is 41.6 Å². The molecule has 116 valence electrons. The predicted molar refractivity (Wildman–Crippen MR) is 87.0 cm³/mol. The fourth-order valence-corrected chi connectivity index (χ4v) is 3.03. The number of nitrogens with zero attached hydrogens (tertiary/aromatic N) is 1. The molecule has 5 heteroatoms. The number of carbonyl (C=O) groups is 1. The fraction of sp³-hybridized carbons (Fsp3) is 0.562. The maximum Gasteiger partial charge on any atom is 0.251 e. The van der Waals surface area contributed by atoms with Crippen LogP contribution in [0.1, 0.15) is 23.2 Å². The molecule has 1 N–H and O–H groups in total. The van der Waals surface area contributed by atoms with Gasteiger partial charge in [0.25, 0.3) is 5.91 Å². The van der Waals surface area contributed by atoms with E-state index in [9.17, 15) is 4.79 Å². The minimum atomic E-state index is -0.00429. The minimum Gasteiger partial charge on any atom is -0.381 e. The van der Waals surface area contributed by atoms with E-state index in [0.29, 0.717) is 12.1 Å². The summed E-state index contributed by atoms with van der Waals surface area (Å²) in [5, 5.41) is 3.09. The van der Waals surface area contributed by atoms with Crippen molar-refractivity contribution in [3.63, 3.8) is 0 Å². The van der Waals surface area contributed by atoms with Crippen molar-refractivity contribution in [1.82, 2.24) is 10.2 Å². The summed E-state index contributed by atoms with van der Waals surface area (Å²) in [4.78, 5) is 15.7. The molecule has 1 fully saturated rings. The lowest BCUT2D eigenvalue weighted by Gasteiger charge is -2.42. The molecule has 0 aliphatic carbocycles. The summed E-state index contributed by atoms with van der Waals surface area (Å²) >= 11 is 1.68. The Morgan fingerprint density at radius 1 is 1.29 bits per heavy atom. The first-order valence-corrected chi connectivity index (χ1v) is 8.47. The van der Waals surface area contributed by atoms with Crippen LogP contribution < -0.4 is 5.32 Å². The second kappa shape index (κ2) is 7.29. The van der Waals surface area contributed by atoms with Crippen LogP contribution >= 0.6 is 11.8 Å². The van der Waals surface area contributed by atoms with Gasteiger partial charge in [0, 0.05) is 35.8 Å². The summed E-state index contributed by atoms with van der Waals surface area (Å²) in [5.41, 5.74) is 0.724. The lowest BCUT2D eigenvalue weighted by molar-refractivity contribution is -0.00657. The first-order valence-electron chi connectivity index (χ1n) is 7.25. The molecule has 0 aromatic heterocycles. The lowest BCUT2D eigenvalue weighted by Crippen LogP contribution is -2.55. The van der Waals surface area contributed by atoms with E-state index in [4.69, 9.17) is 4.74 Å². The molecule has 0 atom stereocenters. The molecule has 1 amide bonds. The van der Waals surface area contributed by atoms with Crippen LogP contribution in [-0.2, 0) is 4.74 Å². The average Bonchev–Trinajstić information content (AvgIpc) is 2.53. The third-order valence-corrected chi connectivity index (χ3v) is 5.05. The molecule has 1 saturated heterocycles. The zero-order valence-corrected chi connectivity index (χ0v) is 13.8. The van der Waals surface area contributed by atoms with E-state index in [1.54, 1.807) is 11.8 Å². The van der Waals surface area contributed by atoms with Gasteiger partial charge >= 0.3 is 0 Å². The highest BCUT2D eigenvalue weighted by atomic mass is 32.2. The summed E-state index contributed by atoms with van der Waals surface area (Å²) in [6.45, 7) is 2.18. The van der Waals surface area contributed by atoms with Crippen molar-refractivity contribution in [2.45, 2.75) is 23.3 Å². The molecule has 1 aromatic rings. The molecule has 1 aliphatic rings. The standard InChI is InChI=1S/C16H24N2O2S/c1-18(2)16(8-10-20-11-9-16)12-17-15(19)13-4-6-14(21-3)7-5-13/h4-7H,8-12H2,1-3H3,(H,17,19). The normalized spacial score (nSPS) is 17.7. The molecule has 1 aromatic carbocycles. The predicted octanol–water partition coefficient (Wildman–Crippen LogP) is 2.25. The van der Waals surface area contributed by atoms with Crippen LogP contribution in [-0.4, -0.2) is 56.5 Å². The number of likely N-dealkylation sites (N-methyl/N-ethyl adjacent to an activating group) is 1. The number of thioether (sulfide) groups is 1. The van der Waals surface area contributed by atoms with Crippen LogP contribution in [0, 0.1) is 0 Å². The first-order chi connectivity index (χ1) is 10.1. The smallest absolute Gasteiger partial charge is 0.251 e. The van der Waals surface area contributed by atoms with E-state index in [-0.39, 0.29) is 11.4 Å². The average molecular weight is 308 g/mol. The Morgan fingerprint density at radius 3 is 2.43 bits per heavy atom. The van der Waals surface area contributed by atoms with Crippen molar-refractivity contribution in [3.05, 3.63) is 29.8 Å². The molecule has 0 spiro atoms. The highest BCUT2D eigenvalue weighted by molar-refractivity contribution is 7.98. The molecule has 0 unspecified atom stereocenters. The molecular formula is C16H24N2O2S. The molecule has 21 heavy (non-hydrogen) atoms. The van der Waals surface area contributed by atoms with Gasteiger partial charge in [0.15, 0.2) is 0 Å². The Morgan fingerprint density at radius 2 is 1.90 bits per heavy atom. The van der Waals surface area contributed by atoms with Crippen molar-refractivity contribution >= 4 is 17.7 Å². The Balaban J connectivity index is 1.98. The van der Waals surface area contributed by atoms with E-state index in [1.165, 1.54) is 4.90 Å². The summed E-state index contributed by atoms with van der Waals surface area (Å²) < 4.78 is 5.45. The quantitative estimate of drug-likeness (QED) is 0.847. The van der Waals surface area contributed by atoms with Crippen LogP contribution in [0.4, 0.5) is 0 Å². The van der Waals surface area contributed by atoms with Gasteiger partial charge in [-0.3, -0.25) is 4.79 Å². The number of amides is 1. The monoisotopic (exact) mass is 308 g/mol. The summed E-state index contributed by atoms with van der Waals surface area (Å²) in [6.07, 6.45) is 3.93. The first kappa shape index (κ1) is 16.3. The van der Waals surface area contributed by atoms with Gasteiger partial charge in [-0.1, -0.05) is 0 Å². The lowest BCUT2D eigenvalue weighted by atomic mass is 9.88. The minimum absolute atomic E-state index is 0.00429. The SMILES string of the molecule is CSc1ccc(C(=O)NCC2(N(C)C)CCOCC2)cc1. The van der Waals surface area contributed by atoms with Crippen LogP contribution in [0.25, 0.3) is 0 Å². The maximum absolute atomic E-state index is 12.3. The molecule has 1 heterocycles. The van der Waals surface area contributed by atoms with E-state index >= 15 is 0 Å². The third kappa shape index (κ3) is 3.99. The number of carbonyl (C=O) groups excluding carboxylic acids is 1. The van der Waals surface area contributed by atoms with E-state index in [2.05, 4.69) is 24.3 Å². The second-order valence-corrected chi connectivity index (χ2v) is 6.52. The van der Waals surface area contributed by atoms with Crippen molar-refractivity contribution in [2.75, 3.05) is 40.1 Å². The molecular weight excluding hydrogens is 284 g/mol. The van der Waals surface area contributed by atoms with Gasteiger partial charge in [-0.2, -0.15) is 0 Å². The van der Waals surface area contributed by atoms with Crippen molar-refractivity contribution in [2.24, 2.45) is 0 Å². The number of benzene rings is 1. The highest BCUT2D eigenvalue weighted by Crippen LogP contribution is 2.25. The third-order valence-electron chi connectivity index (χ3n) is 4.30. The van der Waals surface area contributed by atoms with Crippen molar-refractivity contribution < 1.29 is 9.53 Å². The molecule has 0 radical (unpaired) electrons. The highest BCUT2D eigenvalue weighted by Gasteiger charge is 2.35. The summed E-state index contributed by atoms with van der Waals surface area (Å²) in [5.74, 6) is -0.00429. The number of ether oxygens (including phenoxy) is 1. The zero-order chi connectivity index (χ0) is 15.3. The van der Waals surface area contributed by atoms with Gasteiger partial charge in [0.05, 0.1) is 0 Å². The van der Waals surface area contributed by atoms with Gasteiger partial charge in [-0.25, -0.2) is 0 Å². The van der Waals surface area contributed by atoms with Gasteiger partial charge in [-0.05, 0) is 57.5 Å². The summed E-state index contributed by atoms with van der Waals surface area (Å²) in [6, 6.07) is 7.73. The number of hydrogen-bond acceptors (Lipinski definition) is 4. The molecule has 2 rings (SSSR count). The molecule has 4 nitrogen and oxygen atoms in total. The largest absolute Gasteiger partial charge is 0.381 e. The van der Waals surface area contributed by atoms with Crippen LogP contribution in [0.15, 0.2) is 29.2 Å². The molecule has 0 saturated carbocycles. The Labute approximate surface area is 131 Å². The second-order valence-electron chi connectivity index (χ2n) is 5.64. The van der Waals surface area contributed by atoms with E-state index in [0.717, 1.165) is 26.1 Å². The maximum atomic E-state index is 12.3. The van der Waals surface area contributed by atoms with Gasteiger partial charge < -0.3 is 15.0 Å².